The van der Waals surface area contributed by atoms with E-state index < -0.39 is 0 Å². The van der Waals surface area contributed by atoms with Crippen LogP contribution in [-0.4, -0.2) is 53.4 Å². The number of piperazine rings is 1. The molecule has 1 amide bonds. The van der Waals surface area contributed by atoms with Crippen LogP contribution in [0.5, 0.6) is 0 Å². The van der Waals surface area contributed by atoms with Crippen LogP contribution in [0.3, 0.4) is 0 Å². The van der Waals surface area contributed by atoms with Gasteiger partial charge in [0.05, 0.1) is 11.2 Å². The Kier molecular flexibility index (Phi) is 6.17. The van der Waals surface area contributed by atoms with Crippen LogP contribution in [0.1, 0.15) is 17.7 Å². The molecular weight excluding hydrogens is 360 g/mol. The first kappa shape index (κ1) is 19.6. The summed E-state index contributed by atoms with van der Waals surface area (Å²) in [6.45, 7) is 7.72. The third-order valence-corrected chi connectivity index (χ3v) is 5.46. The third-order valence-electron chi connectivity index (χ3n) is 5.46. The minimum absolute atomic E-state index is 0.0818. The van der Waals surface area contributed by atoms with Gasteiger partial charge in [-0.05, 0) is 36.8 Å². The summed E-state index contributed by atoms with van der Waals surface area (Å²) in [5.74, 6) is 0.0818. The average Bonchev–Trinajstić information content (AvgIpc) is 2.73. The van der Waals surface area contributed by atoms with E-state index in [0.29, 0.717) is 6.42 Å². The van der Waals surface area contributed by atoms with Crippen molar-refractivity contribution >= 4 is 22.5 Å². The molecule has 1 aliphatic rings. The van der Waals surface area contributed by atoms with Gasteiger partial charge in [0.2, 0.25) is 5.91 Å². The van der Waals surface area contributed by atoms with E-state index in [2.05, 4.69) is 39.4 Å². The van der Waals surface area contributed by atoms with E-state index >= 15 is 0 Å². The van der Waals surface area contributed by atoms with Gasteiger partial charge in [0.1, 0.15) is 0 Å². The van der Waals surface area contributed by atoms with E-state index in [4.69, 9.17) is 4.98 Å². The second-order valence-corrected chi connectivity index (χ2v) is 7.78. The SMILES string of the molecule is Cc1cccc(NC(=O)CCN2CCN(Cc3ccc4ccccc4n3)CC2)c1. The van der Waals surface area contributed by atoms with Crippen LogP contribution in [0.15, 0.2) is 60.7 Å². The van der Waals surface area contributed by atoms with Crippen LogP contribution >= 0.6 is 0 Å². The van der Waals surface area contributed by atoms with Crippen molar-refractivity contribution in [1.29, 1.82) is 0 Å². The zero-order valence-corrected chi connectivity index (χ0v) is 17.0. The first-order chi connectivity index (χ1) is 14.2. The molecule has 1 N–H and O–H groups in total. The molecule has 0 bridgehead atoms. The first-order valence-electron chi connectivity index (χ1n) is 10.3. The Hall–Kier alpha value is -2.76. The standard InChI is InChI=1S/C24H28N4O/c1-19-5-4-7-21(17-19)26-24(29)11-12-27-13-15-28(16-14-27)18-22-10-9-20-6-2-3-8-23(20)25-22/h2-10,17H,11-16,18H2,1H3,(H,26,29). The second-order valence-electron chi connectivity index (χ2n) is 7.78. The van der Waals surface area contributed by atoms with Crippen molar-refractivity contribution in [3.05, 3.63) is 71.9 Å². The minimum atomic E-state index is 0.0818. The van der Waals surface area contributed by atoms with Crippen LogP contribution in [0.25, 0.3) is 10.9 Å². The van der Waals surface area contributed by atoms with Gasteiger partial charge in [0.25, 0.3) is 0 Å². The van der Waals surface area contributed by atoms with Crippen molar-refractivity contribution in [1.82, 2.24) is 14.8 Å². The number of rotatable bonds is 6. The summed E-state index contributed by atoms with van der Waals surface area (Å²) in [4.78, 5) is 21.8. The van der Waals surface area contributed by atoms with Gasteiger partial charge in [0.15, 0.2) is 0 Å². The quantitative estimate of drug-likeness (QED) is 0.700. The molecule has 1 saturated heterocycles. The number of para-hydroxylation sites is 1. The lowest BCUT2D eigenvalue weighted by molar-refractivity contribution is -0.116. The average molecular weight is 389 g/mol. The second kappa shape index (κ2) is 9.16. The molecule has 0 atom stereocenters. The zero-order valence-electron chi connectivity index (χ0n) is 17.0. The zero-order chi connectivity index (χ0) is 20.1. The normalized spacial score (nSPS) is 15.5. The summed E-state index contributed by atoms with van der Waals surface area (Å²) in [6, 6.07) is 20.5. The molecule has 0 saturated carbocycles. The van der Waals surface area contributed by atoms with Crippen molar-refractivity contribution < 1.29 is 4.79 Å². The molecular formula is C24H28N4O. The van der Waals surface area contributed by atoms with Gasteiger partial charge in [0, 0.05) is 56.8 Å². The fourth-order valence-electron chi connectivity index (χ4n) is 3.80. The summed E-state index contributed by atoms with van der Waals surface area (Å²) < 4.78 is 0. The highest BCUT2D eigenvalue weighted by Gasteiger charge is 2.18. The molecule has 1 aromatic heterocycles. The van der Waals surface area contributed by atoms with Crippen molar-refractivity contribution in [3.63, 3.8) is 0 Å². The Labute approximate surface area is 172 Å². The number of nitrogens with zero attached hydrogens (tertiary/aromatic N) is 3. The van der Waals surface area contributed by atoms with Crippen LogP contribution in [-0.2, 0) is 11.3 Å². The van der Waals surface area contributed by atoms with Crippen LogP contribution < -0.4 is 5.32 Å². The molecule has 0 unspecified atom stereocenters. The topological polar surface area (TPSA) is 48.5 Å². The number of carbonyl (C=O) groups is 1. The Morgan fingerprint density at radius 1 is 0.966 bits per heavy atom. The molecule has 2 aromatic carbocycles. The molecule has 2 heterocycles. The Morgan fingerprint density at radius 2 is 1.76 bits per heavy atom. The monoisotopic (exact) mass is 388 g/mol. The lowest BCUT2D eigenvalue weighted by Gasteiger charge is -2.34. The maximum absolute atomic E-state index is 12.2. The van der Waals surface area contributed by atoms with Crippen molar-refractivity contribution in [2.75, 3.05) is 38.0 Å². The number of aryl methyl sites for hydroxylation is 1. The lowest BCUT2D eigenvalue weighted by atomic mass is 10.2. The van der Waals surface area contributed by atoms with E-state index in [1.165, 1.54) is 5.39 Å². The number of nitrogens with one attached hydrogen (secondary N) is 1. The van der Waals surface area contributed by atoms with E-state index in [1.807, 2.05) is 43.3 Å². The Balaban J connectivity index is 1.21. The Morgan fingerprint density at radius 3 is 2.59 bits per heavy atom. The highest BCUT2D eigenvalue weighted by molar-refractivity contribution is 5.90. The number of pyridine rings is 1. The van der Waals surface area contributed by atoms with Crippen molar-refractivity contribution in [2.45, 2.75) is 19.9 Å². The van der Waals surface area contributed by atoms with Gasteiger partial charge in [-0.3, -0.25) is 14.7 Å². The van der Waals surface area contributed by atoms with E-state index in [0.717, 1.165) is 61.7 Å². The number of fused-ring (bicyclic) bond motifs is 1. The molecule has 0 spiro atoms. The third kappa shape index (κ3) is 5.40. The maximum Gasteiger partial charge on any atom is 0.225 e. The van der Waals surface area contributed by atoms with Gasteiger partial charge in [-0.2, -0.15) is 0 Å². The minimum Gasteiger partial charge on any atom is -0.326 e. The van der Waals surface area contributed by atoms with Gasteiger partial charge in [-0.25, -0.2) is 0 Å². The fraction of sp³-hybridized carbons (Fsp3) is 0.333. The molecule has 5 nitrogen and oxygen atoms in total. The summed E-state index contributed by atoms with van der Waals surface area (Å²) >= 11 is 0. The largest absolute Gasteiger partial charge is 0.326 e. The molecule has 0 radical (unpaired) electrons. The highest BCUT2D eigenvalue weighted by atomic mass is 16.1. The predicted octanol–water partition coefficient (Wildman–Crippen LogP) is 3.69. The van der Waals surface area contributed by atoms with Gasteiger partial charge in [-0.1, -0.05) is 36.4 Å². The molecule has 4 rings (SSSR count). The number of benzene rings is 2. The maximum atomic E-state index is 12.2. The summed E-state index contributed by atoms with van der Waals surface area (Å²) in [7, 11) is 0. The van der Waals surface area contributed by atoms with Gasteiger partial charge in [-0.15, -0.1) is 0 Å². The van der Waals surface area contributed by atoms with Crippen LogP contribution in [0.4, 0.5) is 5.69 Å². The molecule has 0 aliphatic carbocycles. The number of carbonyl (C=O) groups excluding carboxylic acids is 1. The molecule has 1 fully saturated rings. The van der Waals surface area contributed by atoms with E-state index in [1.54, 1.807) is 0 Å². The number of hydrogen-bond donors (Lipinski definition) is 1. The first-order valence-corrected chi connectivity index (χ1v) is 10.3. The molecule has 1 aliphatic heterocycles. The molecule has 5 heteroatoms. The van der Waals surface area contributed by atoms with E-state index in [9.17, 15) is 4.79 Å². The van der Waals surface area contributed by atoms with Gasteiger partial charge < -0.3 is 10.2 Å². The lowest BCUT2D eigenvalue weighted by Crippen LogP contribution is -2.46. The summed E-state index contributed by atoms with van der Waals surface area (Å²) in [5.41, 5.74) is 4.21. The smallest absolute Gasteiger partial charge is 0.225 e. The molecule has 3 aromatic rings. The summed E-state index contributed by atoms with van der Waals surface area (Å²) in [6.07, 6.45) is 0.528. The van der Waals surface area contributed by atoms with Crippen molar-refractivity contribution in [3.8, 4) is 0 Å². The Bertz CT molecular complexity index is 979. The number of anilines is 1. The molecule has 29 heavy (non-hydrogen) atoms. The van der Waals surface area contributed by atoms with Crippen molar-refractivity contribution in [2.24, 2.45) is 0 Å². The van der Waals surface area contributed by atoms with Crippen LogP contribution in [0, 0.1) is 6.92 Å². The molecule has 150 valence electrons. The predicted molar refractivity (Wildman–Crippen MR) is 118 cm³/mol. The number of aromatic nitrogens is 1. The van der Waals surface area contributed by atoms with Crippen LogP contribution in [0.2, 0.25) is 0 Å². The van der Waals surface area contributed by atoms with E-state index in [-0.39, 0.29) is 5.91 Å². The van der Waals surface area contributed by atoms with Gasteiger partial charge >= 0.3 is 0 Å². The number of amides is 1. The highest BCUT2D eigenvalue weighted by Crippen LogP contribution is 2.14. The number of hydrogen-bond acceptors (Lipinski definition) is 4. The summed E-state index contributed by atoms with van der Waals surface area (Å²) in [5, 5.41) is 4.18. The fourth-order valence-corrected chi connectivity index (χ4v) is 3.80.